The highest BCUT2D eigenvalue weighted by Gasteiger charge is 2.18. The Morgan fingerprint density at radius 1 is 1.21 bits per heavy atom. The normalized spacial score (nSPS) is 13.5. The van der Waals surface area contributed by atoms with Gasteiger partial charge < -0.3 is 5.73 Å². The lowest BCUT2D eigenvalue weighted by Gasteiger charge is -2.24. The largest absolute Gasteiger partial charge is 0.320 e. The van der Waals surface area contributed by atoms with Gasteiger partial charge in [0.2, 0.25) is 0 Å². The van der Waals surface area contributed by atoms with Crippen molar-refractivity contribution in [1.29, 1.82) is 0 Å². The summed E-state index contributed by atoms with van der Waals surface area (Å²) in [7, 11) is 0. The Balaban J connectivity index is 2.23. The highest BCUT2D eigenvalue weighted by atomic mass is 79.9. The second-order valence-corrected chi connectivity index (χ2v) is 7.81. The fourth-order valence-corrected chi connectivity index (χ4v) is 3.24. The Morgan fingerprint density at radius 3 is 2.32 bits per heavy atom. The number of hydrogen-bond donors (Lipinski definition) is 1. The summed E-state index contributed by atoms with van der Waals surface area (Å²) in [5, 5.41) is 2.11. The molecule has 1 nitrogen and oxygen atoms in total. The third kappa shape index (κ3) is 3.28. The van der Waals surface area contributed by atoms with Gasteiger partial charge in [0, 0.05) is 0 Å². The average molecular weight is 338 g/mol. The molecule has 0 saturated carbocycles. The average Bonchev–Trinajstić information content (AvgIpc) is 2.85. The van der Waals surface area contributed by atoms with Gasteiger partial charge in [-0.25, -0.2) is 0 Å². The second-order valence-electron chi connectivity index (χ2n) is 5.52. The van der Waals surface area contributed by atoms with Crippen molar-refractivity contribution in [2.45, 2.75) is 38.6 Å². The van der Waals surface area contributed by atoms with Crippen LogP contribution in [0.15, 0.2) is 39.5 Å². The van der Waals surface area contributed by atoms with E-state index in [1.807, 2.05) is 0 Å². The molecule has 0 amide bonds. The number of thiophene rings is 1. The van der Waals surface area contributed by atoms with Gasteiger partial charge in [0.1, 0.15) is 0 Å². The number of halogens is 1. The SMILES string of the molecule is CCC(C)(C)c1ccc(C(N)c2csc(Br)c2)cc1. The molecule has 0 aliphatic carbocycles. The fraction of sp³-hybridized carbons (Fsp3) is 0.375. The van der Waals surface area contributed by atoms with Crippen molar-refractivity contribution < 1.29 is 0 Å². The van der Waals surface area contributed by atoms with Crippen molar-refractivity contribution >= 4 is 27.3 Å². The molecule has 1 aromatic heterocycles. The Morgan fingerprint density at radius 2 is 1.84 bits per heavy atom. The van der Waals surface area contributed by atoms with Crippen LogP contribution in [0.2, 0.25) is 0 Å². The van der Waals surface area contributed by atoms with Gasteiger partial charge in [-0.15, -0.1) is 11.3 Å². The predicted octanol–water partition coefficient (Wildman–Crippen LogP) is 5.25. The first kappa shape index (κ1) is 14.8. The molecule has 1 unspecified atom stereocenters. The van der Waals surface area contributed by atoms with E-state index in [1.54, 1.807) is 11.3 Å². The van der Waals surface area contributed by atoms with E-state index >= 15 is 0 Å². The van der Waals surface area contributed by atoms with Crippen molar-refractivity contribution in [2.75, 3.05) is 0 Å². The predicted molar refractivity (Wildman–Crippen MR) is 87.8 cm³/mol. The van der Waals surface area contributed by atoms with Crippen LogP contribution in [0.1, 0.15) is 49.9 Å². The summed E-state index contributed by atoms with van der Waals surface area (Å²) in [6.45, 7) is 6.78. The number of nitrogens with two attached hydrogens (primary N) is 1. The molecular weight excluding hydrogens is 318 g/mol. The van der Waals surface area contributed by atoms with Crippen LogP contribution in [-0.2, 0) is 5.41 Å². The van der Waals surface area contributed by atoms with Crippen molar-refractivity contribution in [3.63, 3.8) is 0 Å². The summed E-state index contributed by atoms with van der Waals surface area (Å²) in [6.07, 6.45) is 1.13. The number of benzene rings is 1. The van der Waals surface area contributed by atoms with Crippen LogP contribution in [0.4, 0.5) is 0 Å². The molecule has 0 saturated heterocycles. The van der Waals surface area contributed by atoms with Gasteiger partial charge in [0.15, 0.2) is 0 Å². The molecule has 102 valence electrons. The Labute approximate surface area is 128 Å². The van der Waals surface area contributed by atoms with Crippen LogP contribution in [0.5, 0.6) is 0 Å². The molecule has 2 N–H and O–H groups in total. The first-order chi connectivity index (χ1) is 8.94. The summed E-state index contributed by atoms with van der Waals surface area (Å²) in [5.74, 6) is 0. The van der Waals surface area contributed by atoms with Crippen LogP contribution in [0.3, 0.4) is 0 Å². The molecule has 0 aliphatic heterocycles. The van der Waals surface area contributed by atoms with E-state index < -0.39 is 0 Å². The van der Waals surface area contributed by atoms with Gasteiger partial charge in [-0.2, -0.15) is 0 Å². The quantitative estimate of drug-likeness (QED) is 0.810. The Hall–Kier alpha value is -0.640. The Bertz CT molecular complexity index is 542. The maximum atomic E-state index is 6.31. The zero-order valence-corrected chi connectivity index (χ0v) is 14.0. The smallest absolute Gasteiger partial charge is 0.0701 e. The monoisotopic (exact) mass is 337 g/mol. The molecule has 0 bridgehead atoms. The molecule has 1 aromatic carbocycles. The highest BCUT2D eigenvalue weighted by Crippen LogP contribution is 2.30. The van der Waals surface area contributed by atoms with Crippen molar-refractivity contribution in [1.82, 2.24) is 0 Å². The van der Waals surface area contributed by atoms with Crippen LogP contribution in [0, 0.1) is 0 Å². The van der Waals surface area contributed by atoms with E-state index in [0.29, 0.717) is 0 Å². The standard InChI is InChI=1S/C16H20BrNS/c1-4-16(2,3)13-7-5-11(6-8-13)15(18)12-9-14(17)19-10-12/h5-10,15H,4,18H2,1-3H3. The maximum absolute atomic E-state index is 6.31. The number of rotatable bonds is 4. The van der Waals surface area contributed by atoms with Crippen LogP contribution in [-0.4, -0.2) is 0 Å². The molecule has 1 atom stereocenters. The summed E-state index contributed by atoms with van der Waals surface area (Å²) in [5.41, 5.74) is 10.2. The summed E-state index contributed by atoms with van der Waals surface area (Å²) in [6, 6.07) is 10.8. The van der Waals surface area contributed by atoms with E-state index in [9.17, 15) is 0 Å². The maximum Gasteiger partial charge on any atom is 0.0701 e. The molecule has 3 heteroatoms. The molecule has 2 rings (SSSR count). The van der Waals surface area contributed by atoms with Crippen LogP contribution < -0.4 is 5.73 Å². The van der Waals surface area contributed by atoms with E-state index in [-0.39, 0.29) is 11.5 Å². The topological polar surface area (TPSA) is 26.0 Å². The summed E-state index contributed by atoms with van der Waals surface area (Å²) in [4.78, 5) is 0. The fourth-order valence-electron chi connectivity index (χ4n) is 2.02. The molecule has 0 spiro atoms. The van der Waals surface area contributed by atoms with Crippen LogP contribution >= 0.6 is 27.3 Å². The summed E-state index contributed by atoms with van der Waals surface area (Å²) < 4.78 is 1.13. The molecule has 19 heavy (non-hydrogen) atoms. The molecule has 2 aromatic rings. The first-order valence-corrected chi connectivity index (χ1v) is 8.21. The van der Waals surface area contributed by atoms with Crippen molar-refractivity contribution in [3.05, 3.63) is 56.2 Å². The van der Waals surface area contributed by atoms with Gasteiger partial charge in [-0.1, -0.05) is 45.0 Å². The third-order valence-corrected chi connectivity index (χ3v) is 5.40. The van der Waals surface area contributed by atoms with E-state index in [1.165, 1.54) is 16.7 Å². The van der Waals surface area contributed by atoms with E-state index in [4.69, 9.17) is 5.73 Å². The molecule has 0 radical (unpaired) electrons. The lowest BCUT2D eigenvalue weighted by molar-refractivity contribution is 0.506. The third-order valence-electron chi connectivity index (χ3n) is 3.88. The van der Waals surface area contributed by atoms with Gasteiger partial charge in [0.05, 0.1) is 9.83 Å². The number of hydrogen-bond acceptors (Lipinski definition) is 2. The molecule has 0 fully saturated rings. The van der Waals surface area contributed by atoms with Gasteiger partial charge >= 0.3 is 0 Å². The lowest BCUT2D eigenvalue weighted by Crippen LogP contribution is -2.16. The minimum Gasteiger partial charge on any atom is -0.320 e. The van der Waals surface area contributed by atoms with Crippen molar-refractivity contribution in [2.24, 2.45) is 5.73 Å². The van der Waals surface area contributed by atoms with E-state index in [0.717, 1.165) is 10.2 Å². The van der Waals surface area contributed by atoms with Gasteiger partial charge in [-0.05, 0) is 55.9 Å². The lowest BCUT2D eigenvalue weighted by atomic mass is 9.81. The zero-order valence-electron chi connectivity index (χ0n) is 11.6. The Kier molecular flexibility index (Phi) is 4.49. The van der Waals surface area contributed by atoms with Crippen molar-refractivity contribution in [3.8, 4) is 0 Å². The minimum absolute atomic E-state index is 0.0404. The van der Waals surface area contributed by atoms with Crippen LogP contribution in [0.25, 0.3) is 0 Å². The molecule has 0 aliphatic rings. The summed E-state index contributed by atoms with van der Waals surface area (Å²) >= 11 is 5.16. The first-order valence-electron chi connectivity index (χ1n) is 6.54. The minimum atomic E-state index is -0.0404. The second kappa shape index (κ2) is 5.78. The van der Waals surface area contributed by atoms with E-state index in [2.05, 4.69) is 72.4 Å². The molecule has 1 heterocycles. The molecular formula is C16H20BrNS. The highest BCUT2D eigenvalue weighted by molar-refractivity contribution is 9.11. The van der Waals surface area contributed by atoms with Gasteiger partial charge in [0.25, 0.3) is 0 Å². The zero-order chi connectivity index (χ0) is 14.0. The van der Waals surface area contributed by atoms with Gasteiger partial charge in [-0.3, -0.25) is 0 Å².